The normalized spacial score (nSPS) is 17.8. The van der Waals surface area contributed by atoms with Crippen molar-refractivity contribution in [2.24, 2.45) is 5.92 Å². The first kappa shape index (κ1) is 23.3. The minimum Gasteiger partial charge on any atom is -0.507 e. The van der Waals surface area contributed by atoms with Crippen LogP contribution in [0.2, 0.25) is 0 Å². The summed E-state index contributed by atoms with van der Waals surface area (Å²) in [4.78, 5) is 27.3. The van der Waals surface area contributed by atoms with Crippen molar-refractivity contribution in [2.45, 2.75) is 19.9 Å². The number of carbonyl (C=O) groups is 2. The number of Topliss-reactive ketones (excluding diaryl/α,β-unsaturated/α-hetero) is 1. The second-order valence-electron chi connectivity index (χ2n) is 7.99. The molecule has 0 spiro atoms. The van der Waals surface area contributed by atoms with Crippen LogP contribution in [0.3, 0.4) is 0 Å². The Morgan fingerprint density at radius 1 is 1.06 bits per heavy atom. The van der Waals surface area contributed by atoms with E-state index < -0.39 is 17.7 Å². The van der Waals surface area contributed by atoms with Crippen LogP contribution in [0.25, 0.3) is 5.76 Å². The molecule has 2 aromatic rings. The quantitative estimate of drug-likeness (QED) is 0.363. The van der Waals surface area contributed by atoms with Crippen LogP contribution in [0, 0.1) is 5.92 Å². The molecule has 32 heavy (non-hydrogen) atoms. The van der Waals surface area contributed by atoms with E-state index in [0.717, 1.165) is 0 Å². The number of ketones is 1. The van der Waals surface area contributed by atoms with E-state index in [2.05, 4.69) is 13.8 Å². The lowest BCUT2D eigenvalue weighted by molar-refractivity contribution is -0.140. The van der Waals surface area contributed by atoms with E-state index in [-0.39, 0.29) is 24.5 Å². The Balaban J connectivity index is 2.08. The first-order valence-corrected chi connectivity index (χ1v) is 10.5. The Labute approximate surface area is 188 Å². The molecule has 3 rings (SSSR count). The molecule has 1 fully saturated rings. The van der Waals surface area contributed by atoms with E-state index in [1.54, 1.807) is 37.4 Å². The van der Waals surface area contributed by atoms with Gasteiger partial charge in [-0.05, 0) is 47.9 Å². The summed E-state index contributed by atoms with van der Waals surface area (Å²) in [5.74, 6) is -0.0272. The number of carbonyl (C=O) groups excluding carboxylic acids is 2. The zero-order valence-electron chi connectivity index (χ0n) is 18.8. The molecular formula is C25H29NO6. The van der Waals surface area contributed by atoms with Crippen LogP contribution in [-0.2, 0) is 14.3 Å². The molecule has 7 heteroatoms. The van der Waals surface area contributed by atoms with Gasteiger partial charge in [0.25, 0.3) is 11.7 Å². The molecule has 1 N–H and O–H groups in total. The SMILES string of the molecule is COCCN1C(=O)C(=O)/C(=C(\O)c2ccc(OC)cc2)C1c1cccc(OCC(C)C)c1. The fourth-order valence-electron chi connectivity index (χ4n) is 3.59. The number of benzene rings is 2. The molecule has 0 saturated carbocycles. The number of methoxy groups -OCH3 is 2. The largest absolute Gasteiger partial charge is 0.507 e. The molecule has 1 aliphatic heterocycles. The summed E-state index contributed by atoms with van der Waals surface area (Å²) in [5.41, 5.74) is 1.14. The fraction of sp³-hybridized carbons (Fsp3) is 0.360. The highest BCUT2D eigenvalue weighted by Crippen LogP contribution is 2.40. The lowest BCUT2D eigenvalue weighted by Gasteiger charge is -2.25. The smallest absolute Gasteiger partial charge is 0.295 e. The van der Waals surface area contributed by atoms with Crippen LogP contribution in [0.5, 0.6) is 11.5 Å². The Hall–Kier alpha value is -3.32. The van der Waals surface area contributed by atoms with Gasteiger partial charge in [-0.1, -0.05) is 26.0 Å². The van der Waals surface area contributed by atoms with Gasteiger partial charge in [-0.25, -0.2) is 0 Å². The van der Waals surface area contributed by atoms with E-state index in [1.165, 1.54) is 12.0 Å². The van der Waals surface area contributed by atoms with E-state index >= 15 is 0 Å². The zero-order valence-corrected chi connectivity index (χ0v) is 18.8. The van der Waals surface area contributed by atoms with Gasteiger partial charge in [0.15, 0.2) is 0 Å². The van der Waals surface area contributed by atoms with Crippen LogP contribution in [0.4, 0.5) is 0 Å². The third kappa shape index (κ3) is 4.94. The van der Waals surface area contributed by atoms with Gasteiger partial charge in [-0.3, -0.25) is 9.59 Å². The van der Waals surface area contributed by atoms with Gasteiger partial charge in [0.05, 0.1) is 31.9 Å². The maximum absolute atomic E-state index is 13.0. The van der Waals surface area contributed by atoms with Gasteiger partial charge in [-0.2, -0.15) is 0 Å². The van der Waals surface area contributed by atoms with Crippen LogP contribution in [-0.4, -0.2) is 55.7 Å². The summed E-state index contributed by atoms with van der Waals surface area (Å²) in [6.45, 7) is 5.12. The van der Waals surface area contributed by atoms with Crippen molar-refractivity contribution in [2.75, 3.05) is 34.0 Å². The fourth-order valence-corrected chi connectivity index (χ4v) is 3.59. The minimum absolute atomic E-state index is 0.0391. The van der Waals surface area contributed by atoms with Crippen LogP contribution in [0.1, 0.15) is 31.0 Å². The van der Waals surface area contributed by atoms with Crippen molar-refractivity contribution in [3.05, 3.63) is 65.2 Å². The molecule has 1 aliphatic rings. The summed E-state index contributed by atoms with van der Waals surface area (Å²) in [6, 6.07) is 13.2. The first-order chi connectivity index (χ1) is 15.4. The Bertz CT molecular complexity index is 996. The molecular weight excluding hydrogens is 410 g/mol. The molecule has 1 amide bonds. The second kappa shape index (κ2) is 10.3. The predicted molar refractivity (Wildman–Crippen MR) is 121 cm³/mol. The predicted octanol–water partition coefficient (Wildman–Crippen LogP) is 3.80. The van der Waals surface area contributed by atoms with Gasteiger partial charge in [-0.15, -0.1) is 0 Å². The number of aliphatic hydroxyl groups excluding tert-OH is 1. The molecule has 0 aliphatic carbocycles. The molecule has 1 heterocycles. The molecule has 170 valence electrons. The van der Waals surface area contributed by atoms with Gasteiger partial charge >= 0.3 is 0 Å². The molecule has 1 unspecified atom stereocenters. The third-order valence-electron chi connectivity index (χ3n) is 5.20. The molecule has 0 aromatic heterocycles. The Morgan fingerprint density at radius 3 is 2.41 bits per heavy atom. The number of hydrogen-bond acceptors (Lipinski definition) is 6. The number of rotatable bonds is 9. The topological polar surface area (TPSA) is 85.3 Å². The van der Waals surface area contributed by atoms with E-state index in [1.807, 2.05) is 18.2 Å². The maximum Gasteiger partial charge on any atom is 0.295 e. The Kier molecular flexibility index (Phi) is 7.53. The average molecular weight is 440 g/mol. The summed E-state index contributed by atoms with van der Waals surface area (Å²) in [6.07, 6.45) is 0. The number of hydrogen-bond donors (Lipinski definition) is 1. The molecule has 2 aromatic carbocycles. The molecule has 7 nitrogen and oxygen atoms in total. The minimum atomic E-state index is -0.755. The molecule has 0 radical (unpaired) electrons. The summed E-state index contributed by atoms with van der Waals surface area (Å²) in [5, 5.41) is 11.1. The highest BCUT2D eigenvalue weighted by atomic mass is 16.5. The number of nitrogens with zero attached hydrogens (tertiary/aromatic N) is 1. The van der Waals surface area contributed by atoms with Crippen molar-refractivity contribution in [3.8, 4) is 11.5 Å². The van der Waals surface area contributed by atoms with Crippen molar-refractivity contribution in [1.29, 1.82) is 0 Å². The second-order valence-corrected chi connectivity index (χ2v) is 7.99. The van der Waals surface area contributed by atoms with Crippen molar-refractivity contribution in [3.63, 3.8) is 0 Å². The van der Waals surface area contributed by atoms with Crippen molar-refractivity contribution in [1.82, 2.24) is 4.90 Å². The number of amides is 1. The standard InChI is InChI=1S/C25H29NO6/c1-16(2)15-32-20-7-5-6-18(14-20)22-21(24(28)25(29)26(22)12-13-30-3)23(27)17-8-10-19(31-4)11-9-17/h5-11,14,16,22,27H,12-13,15H2,1-4H3/b23-21-. The lowest BCUT2D eigenvalue weighted by Crippen LogP contribution is -2.32. The molecule has 1 atom stereocenters. The van der Waals surface area contributed by atoms with Crippen molar-refractivity contribution < 1.29 is 28.9 Å². The number of likely N-dealkylation sites (tertiary alicyclic amines) is 1. The van der Waals surface area contributed by atoms with Gasteiger partial charge in [0.1, 0.15) is 17.3 Å². The van der Waals surface area contributed by atoms with Crippen LogP contribution in [0.15, 0.2) is 54.1 Å². The monoisotopic (exact) mass is 439 g/mol. The van der Waals surface area contributed by atoms with Gasteiger partial charge < -0.3 is 24.2 Å². The summed E-state index contributed by atoms with van der Waals surface area (Å²) >= 11 is 0. The van der Waals surface area contributed by atoms with Crippen molar-refractivity contribution >= 4 is 17.4 Å². The maximum atomic E-state index is 13.0. The third-order valence-corrected chi connectivity index (χ3v) is 5.20. The highest BCUT2D eigenvalue weighted by molar-refractivity contribution is 6.46. The number of aliphatic hydroxyl groups is 1. The zero-order chi connectivity index (χ0) is 23.3. The average Bonchev–Trinajstić information content (AvgIpc) is 3.06. The van der Waals surface area contributed by atoms with Gasteiger partial charge in [0, 0.05) is 19.2 Å². The summed E-state index contributed by atoms with van der Waals surface area (Å²) in [7, 11) is 3.08. The molecule has 0 bridgehead atoms. The van der Waals surface area contributed by atoms with Gasteiger partial charge in [0.2, 0.25) is 0 Å². The van der Waals surface area contributed by atoms with Crippen LogP contribution < -0.4 is 9.47 Å². The number of ether oxygens (including phenoxy) is 3. The van der Waals surface area contributed by atoms with Crippen LogP contribution >= 0.6 is 0 Å². The first-order valence-electron chi connectivity index (χ1n) is 10.5. The lowest BCUT2D eigenvalue weighted by atomic mass is 9.95. The molecule has 1 saturated heterocycles. The van der Waals surface area contributed by atoms with E-state index in [9.17, 15) is 14.7 Å². The highest BCUT2D eigenvalue weighted by Gasteiger charge is 2.46. The Morgan fingerprint density at radius 2 is 1.78 bits per heavy atom. The summed E-state index contributed by atoms with van der Waals surface area (Å²) < 4.78 is 16.1. The van der Waals surface area contributed by atoms with E-state index in [0.29, 0.717) is 35.2 Å². The van der Waals surface area contributed by atoms with E-state index in [4.69, 9.17) is 14.2 Å².